The van der Waals surface area contributed by atoms with Gasteiger partial charge < -0.3 is 15.2 Å². The van der Waals surface area contributed by atoms with Gasteiger partial charge in [-0.05, 0) is 30.3 Å². The van der Waals surface area contributed by atoms with Gasteiger partial charge in [-0.2, -0.15) is 4.79 Å². The molecule has 0 unspecified atom stereocenters. The third-order valence-electron chi connectivity index (χ3n) is 3.37. The van der Waals surface area contributed by atoms with E-state index in [9.17, 15) is 0 Å². The van der Waals surface area contributed by atoms with E-state index < -0.39 is 0 Å². The minimum Gasteiger partial charge on any atom is -0.459 e. The van der Waals surface area contributed by atoms with E-state index in [0.717, 1.165) is 5.70 Å². The van der Waals surface area contributed by atoms with Crippen molar-refractivity contribution < 1.29 is 9.53 Å². The first-order chi connectivity index (χ1) is 11.6. The maximum Gasteiger partial charge on any atom is 0.318 e. The van der Waals surface area contributed by atoms with E-state index >= 15 is 0 Å². The summed E-state index contributed by atoms with van der Waals surface area (Å²) in [5.74, 6) is 1.26. The van der Waals surface area contributed by atoms with Gasteiger partial charge in [-0.1, -0.05) is 35.4 Å². The third kappa shape index (κ3) is 4.39. The Balaban J connectivity index is 2.44. The highest BCUT2D eigenvalue weighted by Crippen LogP contribution is 2.29. The van der Waals surface area contributed by atoms with Crippen molar-refractivity contribution in [1.82, 2.24) is 4.90 Å². The molecule has 124 valence electrons. The molecule has 0 atom stereocenters. The molecule has 0 saturated heterocycles. The van der Waals surface area contributed by atoms with Crippen molar-refractivity contribution >= 4 is 28.9 Å². The molecule has 0 fully saturated rings. The quantitative estimate of drug-likeness (QED) is 0.397. The molecule has 0 spiro atoms. The fourth-order valence-corrected chi connectivity index (χ4v) is 2.61. The van der Waals surface area contributed by atoms with Crippen molar-refractivity contribution in [1.29, 1.82) is 0 Å². The Bertz CT molecular complexity index is 734. The molecule has 2 rings (SSSR count). The summed E-state index contributed by atoms with van der Waals surface area (Å²) < 4.78 is 5.99. The Hall–Kier alpha value is -2.26. The van der Waals surface area contributed by atoms with E-state index in [2.05, 4.69) is 17.9 Å². The predicted octanol–water partition coefficient (Wildman–Crippen LogP) is 4.80. The molecule has 0 aliphatic heterocycles. The molecule has 0 amide bonds. The monoisotopic (exact) mass is 361 g/mol. The molecule has 0 saturated carbocycles. The second kappa shape index (κ2) is 8.55. The largest absolute Gasteiger partial charge is 0.459 e. The summed E-state index contributed by atoms with van der Waals surface area (Å²) in [6.07, 6.45) is 5.56. The van der Waals surface area contributed by atoms with Crippen molar-refractivity contribution in [3.63, 3.8) is 0 Å². The summed E-state index contributed by atoms with van der Waals surface area (Å²) >= 11 is 12.1. The molecular weight excluding hydrogens is 345 g/mol. The molecular formula is C18H17Cl2N3O. The summed E-state index contributed by atoms with van der Waals surface area (Å²) in [5, 5.41) is 0.995. The summed E-state index contributed by atoms with van der Waals surface area (Å²) in [6.45, 7) is 8.75. The molecule has 24 heavy (non-hydrogen) atoms. The smallest absolute Gasteiger partial charge is 0.318 e. The van der Waals surface area contributed by atoms with Crippen LogP contribution in [0.2, 0.25) is 5.02 Å². The van der Waals surface area contributed by atoms with Crippen LogP contribution in [-0.4, -0.2) is 28.5 Å². The van der Waals surface area contributed by atoms with Gasteiger partial charge in [0.25, 0.3) is 0 Å². The first kappa shape index (κ1) is 18.1. The topological polar surface area (TPSA) is 48.9 Å². The van der Waals surface area contributed by atoms with Gasteiger partial charge in [-0.15, -0.1) is 13.2 Å². The van der Waals surface area contributed by atoms with Crippen LogP contribution in [0.5, 0.6) is 5.75 Å². The van der Waals surface area contributed by atoms with Gasteiger partial charge in [0.1, 0.15) is 23.0 Å². The van der Waals surface area contributed by atoms with E-state index in [0.29, 0.717) is 40.4 Å². The first-order valence-electron chi connectivity index (χ1n) is 7.30. The Morgan fingerprint density at radius 2 is 1.79 bits per heavy atom. The average Bonchev–Trinajstić information content (AvgIpc) is 2.58. The van der Waals surface area contributed by atoms with Crippen LogP contribution in [0, 0.1) is 0 Å². The Morgan fingerprint density at radius 1 is 1.17 bits per heavy atom. The summed E-state index contributed by atoms with van der Waals surface area (Å²) in [7, 11) is 0. The number of halogens is 2. The van der Waals surface area contributed by atoms with Crippen LogP contribution in [0.1, 0.15) is 6.42 Å². The fourth-order valence-electron chi connectivity index (χ4n) is 2.28. The number of ether oxygens (including phenoxy) is 1. The van der Waals surface area contributed by atoms with Crippen molar-refractivity contribution in [2.75, 3.05) is 13.1 Å². The van der Waals surface area contributed by atoms with E-state index in [-0.39, 0.29) is 6.42 Å². The molecule has 0 bridgehead atoms. The third-order valence-corrected chi connectivity index (χ3v) is 3.95. The van der Waals surface area contributed by atoms with Crippen LogP contribution in [0.4, 0.5) is 0 Å². The van der Waals surface area contributed by atoms with Gasteiger partial charge in [0.15, 0.2) is 0 Å². The zero-order valence-corrected chi connectivity index (χ0v) is 14.6. The number of hydrogen-bond donors (Lipinski definition) is 0. The zero-order chi connectivity index (χ0) is 17.5. The van der Waals surface area contributed by atoms with E-state index in [1.165, 1.54) is 0 Å². The average molecular weight is 362 g/mol. The zero-order valence-electron chi connectivity index (χ0n) is 13.1. The van der Waals surface area contributed by atoms with Crippen LogP contribution >= 0.6 is 23.2 Å². The molecule has 1 aromatic carbocycles. The van der Waals surface area contributed by atoms with Crippen molar-refractivity contribution in [2.24, 2.45) is 0 Å². The minimum atomic E-state index is 0.272. The van der Waals surface area contributed by atoms with Crippen LogP contribution in [0.3, 0.4) is 0 Å². The van der Waals surface area contributed by atoms with Crippen LogP contribution in [-0.2, 0) is 0 Å². The van der Waals surface area contributed by atoms with Crippen LogP contribution in [0.25, 0.3) is 5.53 Å². The second-order valence-electron chi connectivity index (χ2n) is 5.06. The molecule has 0 radical (unpaired) electrons. The summed E-state index contributed by atoms with van der Waals surface area (Å²) in [4.78, 5) is 5.26. The van der Waals surface area contributed by atoms with Gasteiger partial charge in [-0.25, -0.2) is 0 Å². The molecule has 4 nitrogen and oxygen atoms in total. The molecule has 6 heteroatoms. The lowest BCUT2D eigenvalue weighted by molar-refractivity contribution is -0.00681. The fraction of sp³-hybridized carbons (Fsp3) is 0.167. The Morgan fingerprint density at radius 3 is 2.33 bits per heavy atom. The maximum absolute atomic E-state index is 9.13. The highest BCUT2D eigenvalue weighted by atomic mass is 35.5. The molecule has 1 aliphatic carbocycles. The van der Waals surface area contributed by atoms with Gasteiger partial charge in [0, 0.05) is 18.1 Å². The number of allylic oxidation sites excluding steroid dienone is 3. The lowest BCUT2D eigenvalue weighted by atomic mass is 10.1. The molecule has 0 N–H and O–H groups in total. The number of nitrogens with zero attached hydrogens (tertiary/aromatic N) is 3. The van der Waals surface area contributed by atoms with E-state index in [1.807, 2.05) is 4.90 Å². The summed E-state index contributed by atoms with van der Waals surface area (Å²) in [6, 6.07) is 7.03. The van der Waals surface area contributed by atoms with Crippen molar-refractivity contribution in [3.05, 3.63) is 82.7 Å². The van der Waals surface area contributed by atoms with Gasteiger partial charge in [0.2, 0.25) is 0 Å². The molecule has 0 heterocycles. The number of rotatable bonds is 7. The van der Waals surface area contributed by atoms with E-state index in [4.69, 9.17) is 33.5 Å². The second-order valence-corrected chi connectivity index (χ2v) is 5.91. The van der Waals surface area contributed by atoms with Crippen LogP contribution in [0.15, 0.2) is 72.1 Å². The van der Waals surface area contributed by atoms with Gasteiger partial charge in [-0.3, -0.25) is 0 Å². The summed E-state index contributed by atoms with van der Waals surface area (Å²) in [5.41, 5.74) is 10.3. The predicted molar refractivity (Wildman–Crippen MR) is 98.3 cm³/mol. The normalized spacial score (nSPS) is 13.9. The number of hydrogen-bond acceptors (Lipinski definition) is 2. The molecule has 1 aromatic rings. The Labute approximate surface area is 151 Å². The standard InChI is InChI=1S/C18H17Cl2N3O/c1-3-9-23(10-4-2)17-11-15(20)16(22-21)12-18(17)24-14-7-5-13(19)6-8-14/h3-8,11H,1-2,9-10,12H2. The molecule has 1 aliphatic rings. The van der Waals surface area contributed by atoms with Crippen molar-refractivity contribution in [2.45, 2.75) is 6.42 Å². The van der Waals surface area contributed by atoms with Crippen molar-refractivity contribution in [3.8, 4) is 5.75 Å². The van der Waals surface area contributed by atoms with Gasteiger partial charge >= 0.3 is 5.71 Å². The Kier molecular flexibility index (Phi) is 6.44. The minimum absolute atomic E-state index is 0.272. The highest BCUT2D eigenvalue weighted by Gasteiger charge is 2.28. The van der Waals surface area contributed by atoms with Gasteiger partial charge in [0.05, 0.1) is 5.70 Å². The van der Waals surface area contributed by atoms with E-state index in [1.54, 1.807) is 42.5 Å². The lowest BCUT2D eigenvalue weighted by Gasteiger charge is -2.27. The molecule has 0 aromatic heterocycles. The van der Waals surface area contributed by atoms with Crippen LogP contribution < -0.4 is 4.74 Å². The first-order valence-corrected chi connectivity index (χ1v) is 8.06. The highest BCUT2D eigenvalue weighted by molar-refractivity contribution is 6.43. The maximum atomic E-state index is 9.13. The SMILES string of the molecule is C=CCN(CC=C)C1=C(Oc2ccc(Cl)cc2)CC(=[N+]=[N-])C(Cl)=C1. The number of benzene rings is 1. The lowest BCUT2D eigenvalue weighted by Crippen LogP contribution is -2.28.